The number of sulfone groups is 1. The summed E-state index contributed by atoms with van der Waals surface area (Å²) in [6, 6.07) is 13.3. The second kappa shape index (κ2) is 8.37. The molecule has 0 spiro atoms. The average molecular weight is 473 g/mol. The Hall–Kier alpha value is -3.23. The zero-order valence-electron chi connectivity index (χ0n) is 16.9. The molecule has 0 aliphatic heterocycles. The van der Waals surface area contributed by atoms with Gasteiger partial charge in [-0.1, -0.05) is 23.7 Å². The number of aromatic nitrogens is 2. The Kier molecular flexibility index (Phi) is 5.75. The maximum atomic E-state index is 14.0. The minimum absolute atomic E-state index is 0.0148. The molecule has 0 saturated heterocycles. The Morgan fingerprint density at radius 2 is 1.94 bits per heavy atom. The van der Waals surface area contributed by atoms with E-state index in [1.807, 2.05) is 0 Å². The van der Waals surface area contributed by atoms with Crippen molar-refractivity contribution in [3.8, 4) is 0 Å². The SMILES string of the molecule is Cc1c(Cc2cccnc2S(=O)(=O)c2cccc(Cl)c2)c2cc(F)ccc2n1CC(=O)O. The number of carbonyl (C=O) groups is 1. The number of pyridine rings is 1. The van der Waals surface area contributed by atoms with Crippen LogP contribution in [0.15, 0.2) is 70.7 Å². The zero-order valence-corrected chi connectivity index (χ0v) is 18.5. The third-order valence-corrected chi connectivity index (χ3v) is 7.27. The summed E-state index contributed by atoms with van der Waals surface area (Å²) in [5.74, 6) is -1.50. The van der Waals surface area contributed by atoms with Crippen LogP contribution in [0.25, 0.3) is 10.9 Å². The van der Waals surface area contributed by atoms with E-state index in [1.54, 1.807) is 35.8 Å². The summed E-state index contributed by atoms with van der Waals surface area (Å²) in [4.78, 5) is 15.5. The van der Waals surface area contributed by atoms with Crippen LogP contribution in [0.5, 0.6) is 0 Å². The number of fused-ring (bicyclic) bond motifs is 1. The van der Waals surface area contributed by atoms with Crippen LogP contribution in [0.3, 0.4) is 0 Å². The number of carboxylic acid groups (broad SMARTS) is 1. The topological polar surface area (TPSA) is 89.3 Å². The van der Waals surface area contributed by atoms with Gasteiger partial charge in [0.05, 0.1) is 4.90 Å². The smallest absolute Gasteiger partial charge is 0.323 e. The van der Waals surface area contributed by atoms with Crippen molar-refractivity contribution >= 4 is 38.3 Å². The first-order valence-electron chi connectivity index (χ1n) is 9.62. The van der Waals surface area contributed by atoms with Crippen molar-refractivity contribution in [1.29, 1.82) is 0 Å². The molecule has 2 heterocycles. The summed E-state index contributed by atoms with van der Waals surface area (Å²) in [5, 5.41) is 9.99. The minimum Gasteiger partial charge on any atom is -0.480 e. The number of aliphatic carboxylic acids is 1. The normalized spacial score (nSPS) is 11.7. The molecule has 0 bridgehead atoms. The summed E-state index contributed by atoms with van der Waals surface area (Å²) in [7, 11) is -3.97. The van der Waals surface area contributed by atoms with E-state index in [1.165, 1.54) is 36.5 Å². The van der Waals surface area contributed by atoms with Gasteiger partial charge < -0.3 is 9.67 Å². The summed E-state index contributed by atoms with van der Waals surface area (Å²) >= 11 is 5.98. The lowest BCUT2D eigenvalue weighted by Gasteiger charge is -2.11. The van der Waals surface area contributed by atoms with E-state index in [9.17, 15) is 22.7 Å². The Morgan fingerprint density at radius 1 is 1.16 bits per heavy atom. The summed E-state index contributed by atoms with van der Waals surface area (Å²) in [6.07, 6.45) is 1.52. The number of halogens is 2. The van der Waals surface area contributed by atoms with E-state index in [4.69, 9.17) is 11.6 Å². The van der Waals surface area contributed by atoms with E-state index in [-0.39, 0.29) is 27.9 Å². The Bertz CT molecular complexity index is 1460. The summed E-state index contributed by atoms with van der Waals surface area (Å²) in [6.45, 7) is 1.44. The average Bonchev–Trinajstić information content (AvgIpc) is 2.99. The first-order chi connectivity index (χ1) is 15.2. The van der Waals surface area contributed by atoms with Crippen molar-refractivity contribution in [2.24, 2.45) is 0 Å². The van der Waals surface area contributed by atoms with E-state index in [0.29, 0.717) is 27.7 Å². The minimum atomic E-state index is -3.97. The van der Waals surface area contributed by atoms with Gasteiger partial charge in [0.25, 0.3) is 0 Å². The first kappa shape index (κ1) is 22.0. The van der Waals surface area contributed by atoms with Gasteiger partial charge in [0.2, 0.25) is 9.84 Å². The van der Waals surface area contributed by atoms with Gasteiger partial charge in [-0.15, -0.1) is 0 Å². The van der Waals surface area contributed by atoms with Crippen molar-refractivity contribution in [1.82, 2.24) is 9.55 Å². The van der Waals surface area contributed by atoms with E-state index >= 15 is 0 Å². The molecule has 32 heavy (non-hydrogen) atoms. The predicted octanol–water partition coefficient (Wildman–Crippen LogP) is 4.65. The third-order valence-electron chi connectivity index (χ3n) is 5.29. The molecule has 0 aliphatic rings. The van der Waals surface area contributed by atoms with Gasteiger partial charge in [0.15, 0.2) is 5.03 Å². The molecule has 1 N–H and O–H groups in total. The van der Waals surface area contributed by atoms with Gasteiger partial charge in [-0.25, -0.2) is 17.8 Å². The molecule has 0 amide bonds. The predicted molar refractivity (Wildman–Crippen MR) is 118 cm³/mol. The van der Waals surface area contributed by atoms with Crippen LogP contribution in [-0.2, 0) is 27.6 Å². The molecule has 164 valence electrons. The van der Waals surface area contributed by atoms with Crippen molar-refractivity contribution in [3.63, 3.8) is 0 Å². The molecule has 6 nitrogen and oxygen atoms in total. The highest BCUT2D eigenvalue weighted by molar-refractivity contribution is 7.91. The summed E-state index contributed by atoms with van der Waals surface area (Å²) < 4.78 is 42.2. The molecule has 9 heteroatoms. The molecule has 0 aliphatic carbocycles. The lowest BCUT2D eigenvalue weighted by atomic mass is 10.0. The van der Waals surface area contributed by atoms with Crippen molar-refractivity contribution < 1.29 is 22.7 Å². The second-order valence-corrected chi connectivity index (χ2v) is 9.61. The molecule has 4 rings (SSSR count). The Labute approximate surface area is 188 Å². The van der Waals surface area contributed by atoms with Crippen molar-refractivity contribution in [2.75, 3.05) is 0 Å². The Morgan fingerprint density at radius 3 is 2.66 bits per heavy atom. The number of nitrogens with zero attached hydrogens (tertiary/aromatic N) is 2. The van der Waals surface area contributed by atoms with Gasteiger partial charge in [0, 0.05) is 34.2 Å². The lowest BCUT2D eigenvalue weighted by Crippen LogP contribution is -2.11. The van der Waals surface area contributed by atoms with Gasteiger partial charge in [-0.3, -0.25) is 4.79 Å². The van der Waals surface area contributed by atoms with Crippen molar-refractivity contribution in [3.05, 3.63) is 88.5 Å². The molecule has 4 aromatic rings. The van der Waals surface area contributed by atoms with Crippen LogP contribution in [0.4, 0.5) is 4.39 Å². The largest absolute Gasteiger partial charge is 0.480 e. The van der Waals surface area contributed by atoms with Crippen LogP contribution >= 0.6 is 11.6 Å². The highest BCUT2D eigenvalue weighted by atomic mass is 35.5. The Balaban J connectivity index is 1.88. The monoisotopic (exact) mass is 472 g/mol. The van der Waals surface area contributed by atoms with Crippen molar-refractivity contribution in [2.45, 2.75) is 29.8 Å². The molecule has 2 aromatic carbocycles. The third kappa shape index (κ3) is 3.99. The first-order valence-corrected chi connectivity index (χ1v) is 11.5. The molecular weight excluding hydrogens is 455 g/mol. The van der Waals surface area contributed by atoms with Crippen LogP contribution in [0, 0.1) is 12.7 Å². The summed E-state index contributed by atoms with van der Waals surface area (Å²) in [5.41, 5.74) is 2.22. The highest BCUT2D eigenvalue weighted by Crippen LogP contribution is 2.31. The fourth-order valence-electron chi connectivity index (χ4n) is 3.82. The highest BCUT2D eigenvalue weighted by Gasteiger charge is 2.25. The van der Waals surface area contributed by atoms with Gasteiger partial charge in [-0.05, 0) is 60.5 Å². The van der Waals surface area contributed by atoms with E-state index < -0.39 is 21.6 Å². The molecular formula is C23H18ClFN2O4S. The molecule has 0 fully saturated rings. The molecule has 0 radical (unpaired) electrons. The van der Waals surface area contributed by atoms with Gasteiger partial charge >= 0.3 is 5.97 Å². The maximum Gasteiger partial charge on any atom is 0.323 e. The number of hydrogen-bond donors (Lipinski definition) is 1. The number of rotatable bonds is 6. The maximum absolute atomic E-state index is 14.0. The molecule has 0 saturated carbocycles. The standard InChI is InChI=1S/C23H18ClFN2O4S/c1-14-19(20-12-17(25)7-8-21(20)27(14)13-22(28)29)10-15-4-3-9-26-23(15)32(30,31)18-6-2-5-16(24)11-18/h2-9,11-12H,10,13H2,1H3,(H,28,29). The number of hydrogen-bond acceptors (Lipinski definition) is 4. The molecule has 2 aromatic heterocycles. The molecule has 0 atom stereocenters. The van der Waals surface area contributed by atoms with Crippen LogP contribution in [0.1, 0.15) is 16.8 Å². The van der Waals surface area contributed by atoms with E-state index in [2.05, 4.69) is 4.98 Å². The van der Waals surface area contributed by atoms with Crippen LogP contribution < -0.4 is 0 Å². The fraction of sp³-hybridized carbons (Fsp3) is 0.130. The van der Waals surface area contributed by atoms with Gasteiger partial charge in [0.1, 0.15) is 12.4 Å². The molecule has 0 unspecified atom stereocenters. The number of benzene rings is 2. The van der Waals surface area contributed by atoms with Gasteiger partial charge in [-0.2, -0.15) is 0 Å². The fourth-order valence-corrected chi connectivity index (χ4v) is 5.53. The van der Waals surface area contributed by atoms with Crippen LogP contribution in [-0.4, -0.2) is 29.0 Å². The lowest BCUT2D eigenvalue weighted by molar-refractivity contribution is -0.137. The zero-order chi connectivity index (χ0) is 23.0. The number of carboxylic acids is 1. The van der Waals surface area contributed by atoms with E-state index in [0.717, 1.165) is 0 Å². The quantitative estimate of drug-likeness (QED) is 0.441. The van der Waals surface area contributed by atoms with Crippen LogP contribution in [0.2, 0.25) is 5.02 Å². The second-order valence-electron chi connectivity index (χ2n) is 7.31.